The van der Waals surface area contributed by atoms with Gasteiger partial charge in [0.25, 0.3) is 0 Å². The average molecular weight is 292 g/mol. The van der Waals surface area contributed by atoms with Crippen molar-refractivity contribution in [2.24, 2.45) is 5.73 Å². The van der Waals surface area contributed by atoms with Gasteiger partial charge in [-0.25, -0.2) is 0 Å². The average Bonchev–Trinajstić information content (AvgIpc) is 2.38. The first kappa shape index (κ1) is 17.8. The number of rotatable bonds is 6. The first-order chi connectivity index (χ1) is 8.54. The number of nitrogens with two attached hydrogens (primary N) is 1. The van der Waals surface area contributed by atoms with Crippen LogP contribution in [0, 0.1) is 0 Å². The summed E-state index contributed by atoms with van der Waals surface area (Å²) in [5.74, 6) is 0.493. The highest BCUT2D eigenvalue weighted by molar-refractivity contribution is 5.85. The lowest BCUT2D eigenvalue weighted by molar-refractivity contribution is 0.134. The van der Waals surface area contributed by atoms with Crippen molar-refractivity contribution in [2.45, 2.75) is 31.9 Å². The number of benzene rings is 1. The second-order valence-corrected chi connectivity index (χ2v) is 4.16. The van der Waals surface area contributed by atoms with Crippen LogP contribution in [0.3, 0.4) is 0 Å². The molecule has 0 bridgehead atoms. The maximum atomic E-state index is 9.90. The topological polar surface area (TPSA) is 84.9 Å². The molecule has 0 heterocycles. The lowest BCUT2D eigenvalue weighted by atomic mass is 9.98. The normalized spacial score (nSPS) is 13.3. The number of ether oxygens (including phenoxy) is 2. The Morgan fingerprint density at radius 2 is 1.68 bits per heavy atom. The van der Waals surface area contributed by atoms with Gasteiger partial charge in [0, 0.05) is 0 Å². The zero-order chi connectivity index (χ0) is 13.7. The van der Waals surface area contributed by atoms with Crippen LogP contribution in [0.2, 0.25) is 0 Å². The second kappa shape index (κ2) is 8.09. The van der Waals surface area contributed by atoms with E-state index in [-0.39, 0.29) is 29.7 Å². The molecule has 1 aromatic carbocycles. The smallest absolute Gasteiger partial charge is 0.200 e. The minimum Gasteiger partial charge on any atom is -0.502 e. The fourth-order valence-corrected chi connectivity index (χ4v) is 1.80. The molecule has 0 aliphatic heterocycles. The van der Waals surface area contributed by atoms with E-state index in [0.717, 1.165) is 6.42 Å². The van der Waals surface area contributed by atoms with E-state index in [1.807, 2.05) is 6.92 Å². The molecule has 2 atom stereocenters. The van der Waals surface area contributed by atoms with E-state index in [9.17, 15) is 10.2 Å². The molecule has 1 rings (SSSR count). The SMILES string of the molecule is CCC[C@@H](O)[C@@H](N)c1cc(OC)c(O)c(OC)c1.Cl. The molecule has 0 radical (unpaired) electrons. The molecule has 19 heavy (non-hydrogen) atoms. The predicted molar refractivity (Wildman–Crippen MR) is 76.3 cm³/mol. The number of hydrogen-bond acceptors (Lipinski definition) is 5. The summed E-state index contributed by atoms with van der Waals surface area (Å²) < 4.78 is 10.1. The third-order valence-electron chi connectivity index (χ3n) is 2.89. The number of halogens is 1. The highest BCUT2D eigenvalue weighted by atomic mass is 35.5. The molecule has 0 fully saturated rings. The van der Waals surface area contributed by atoms with E-state index in [4.69, 9.17) is 15.2 Å². The molecule has 0 aromatic heterocycles. The Balaban J connectivity index is 0.00000324. The van der Waals surface area contributed by atoms with Gasteiger partial charge in [-0.15, -0.1) is 12.4 Å². The molecule has 6 heteroatoms. The first-order valence-corrected chi connectivity index (χ1v) is 5.93. The van der Waals surface area contributed by atoms with E-state index in [0.29, 0.717) is 12.0 Å². The van der Waals surface area contributed by atoms with Crippen LogP contribution in [0.4, 0.5) is 0 Å². The number of methoxy groups -OCH3 is 2. The molecule has 0 saturated carbocycles. The van der Waals surface area contributed by atoms with Crippen LogP contribution in [0.5, 0.6) is 17.2 Å². The van der Waals surface area contributed by atoms with E-state index in [1.54, 1.807) is 12.1 Å². The third-order valence-corrected chi connectivity index (χ3v) is 2.89. The predicted octanol–water partition coefficient (Wildman–Crippen LogP) is 1.99. The van der Waals surface area contributed by atoms with Crippen molar-refractivity contribution in [2.75, 3.05) is 14.2 Å². The molecule has 0 amide bonds. The summed E-state index contributed by atoms with van der Waals surface area (Å²) in [7, 11) is 2.90. The van der Waals surface area contributed by atoms with Gasteiger partial charge in [0.05, 0.1) is 26.4 Å². The van der Waals surface area contributed by atoms with Crippen LogP contribution in [-0.4, -0.2) is 30.5 Å². The van der Waals surface area contributed by atoms with Crippen molar-refractivity contribution in [3.63, 3.8) is 0 Å². The van der Waals surface area contributed by atoms with Crippen molar-refractivity contribution >= 4 is 12.4 Å². The molecule has 4 N–H and O–H groups in total. The molecule has 0 aliphatic rings. The Kier molecular flexibility index (Phi) is 7.59. The van der Waals surface area contributed by atoms with Gasteiger partial charge in [-0.3, -0.25) is 0 Å². The molecular formula is C13H22ClNO4. The minimum absolute atomic E-state index is 0. The maximum Gasteiger partial charge on any atom is 0.200 e. The number of phenolic OH excluding ortho intramolecular Hbond substituents is 1. The van der Waals surface area contributed by atoms with E-state index in [2.05, 4.69) is 0 Å². The zero-order valence-corrected chi connectivity index (χ0v) is 12.2. The van der Waals surface area contributed by atoms with Crippen LogP contribution in [0.15, 0.2) is 12.1 Å². The Morgan fingerprint density at radius 3 is 2.05 bits per heavy atom. The molecule has 1 aromatic rings. The molecule has 0 aliphatic carbocycles. The fourth-order valence-electron chi connectivity index (χ4n) is 1.80. The highest BCUT2D eigenvalue weighted by Crippen LogP contribution is 2.38. The standard InChI is InChI=1S/C13H21NO4.ClH/c1-4-5-9(15)12(14)8-6-10(17-2)13(16)11(7-8)18-3;/h6-7,9,12,15-16H,4-5,14H2,1-3H3;1H/t9-,12+;/m1./s1. The summed E-state index contributed by atoms with van der Waals surface area (Å²) in [6.07, 6.45) is 0.836. The maximum absolute atomic E-state index is 9.90. The van der Waals surface area contributed by atoms with Gasteiger partial charge < -0.3 is 25.4 Å². The van der Waals surface area contributed by atoms with Gasteiger partial charge in [-0.05, 0) is 24.1 Å². The first-order valence-electron chi connectivity index (χ1n) is 5.93. The molecule has 0 spiro atoms. The van der Waals surface area contributed by atoms with Gasteiger partial charge in [-0.1, -0.05) is 13.3 Å². The van der Waals surface area contributed by atoms with Crippen molar-refractivity contribution in [1.29, 1.82) is 0 Å². The van der Waals surface area contributed by atoms with Crippen molar-refractivity contribution in [3.05, 3.63) is 17.7 Å². The van der Waals surface area contributed by atoms with Gasteiger partial charge >= 0.3 is 0 Å². The number of aliphatic hydroxyl groups is 1. The summed E-state index contributed by atoms with van der Waals surface area (Å²) in [4.78, 5) is 0. The summed E-state index contributed by atoms with van der Waals surface area (Å²) in [5, 5.41) is 19.7. The van der Waals surface area contributed by atoms with E-state index in [1.165, 1.54) is 14.2 Å². The molecule has 0 unspecified atom stereocenters. The van der Waals surface area contributed by atoms with Gasteiger partial charge in [0.1, 0.15) is 0 Å². The van der Waals surface area contributed by atoms with Crippen LogP contribution < -0.4 is 15.2 Å². The van der Waals surface area contributed by atoms with Gasteiger partial charge in [-0.2, -0.15) is 0 Å². The molecule has 110 valence electrons. The lowest BCUT2D eigenvalue weighted by Gasteiger charge is -2.20. The van der Waals surface area contributed by atoms with Crippen LogP contribution in [-0.2, 0) is 0 Å². The van der Waals surface area contributed by atoms with Crippen LogP contribution in [0.1, 0.15) is 31.4 Å². The number of phenols is 1. The summed E-state index contributed by atoms with van der Waals surface area (Å²) in [6, 6.07) is 2.69. The Labute approximate surface area is 119 Å². The van der Waals surface area contributed by atoms with Crippen molar-refractivity contribution < 1.29 is 19.7 Å². The number of hydrogen-bond donors (Lipinski definition) is 3. The summed E-state index contributed by atoms with van der Waals surface area (Å²) in [5.41, 5.74) is 6.65. The van der Waals surface area contributed by atoms with Crippen molar-refractivity contribution in [1.82, 2.24) is 0 Å². The monoisotopic (exact) mass is 291 g/mol. The third kappa shape index (κ3) is 4.16. The van der Waals surface area contributed by atoms with Gasteiger partial charge in [0.2, 0.25) is 5.75 Å². The van der Waals surface area contributed by atoms with Crippen molar-refractivity contribution in [3.8, 4) is 17.2 Å². The Bertz CT molecular complexity index is 375. The van der Waals surface area contributed by atoms with Gasteiger partial charge in [0.15, 0.2) is 11.5 Å². The molecule has 5 nitrogen and oxygen atoms in total. The molecular weight excluding hydrogens is 270 g/mol. The summed E-state index contributed by atoms with van der Waals surface area (Å²) in [6.45, 7) is 1.98. The zero-order valence-electron chi connectivity index (χ0n) is 11.4. The van der Waals surface area contributed by atoms with E-state index < -0.39 is 12.1 Å². The summed E-state index contributed by atoms with van der Waals surface area (Å²) >= 11 is 0. The second-order valence-electron chi connectivity index (χ2n) is 4.16. The number of aliphatic hydroxyl groups excluding tert-OH is 1. The Hall–Kier alpha value is -1.17. The quantitative estimate of drug-likeness (QED) is 0.746. The Morgan fingerprint density at radius 1 is 1.21 bits per heavy atom. The highest BCUT2D eigenvalue weighted by Gasteiger charge is 2.20. The van der Waals surface area contributed by atoms with Crippen LogP contribution in [0.25, 0.3) is 0 Å². The molecule has 0 saturated heterocycles. The number of aromatic hydroxyl groups is 1. The minimum atomic E-state index is -0.631. The van der Waals surface area contributed by atoms with E-state index >= 15 is 0 Å². The largest absolute Gasteiger partial charge is 0.502 e. The van der Waals surface area contributed by atoms with Crippen LogP contribution >= 0.6 is 12.4 Å². The fraction of sp³-hybridized carbons (Fsp3) is 0.538. The lowest BCUT2D eigenvalue weighted by Crippen LogP contribution is -2.26.